The first kappa shape index (κ1) is 7.92. The van der Waals surface area contributed by atoms with Crippen LogP contribution in [0.1, 0.15) is 12.8 Å². The molecule has 8 heavy (non-hydrogen) atoms. The zero-order chi connectivity index (χ0) is 6.24. The highest BCUT2D eigenvalue weighted by molar-refractivity contribution is 4.55. The zero-order valence-corrected chi connectivity index (χ0v) is 5.83. The molecule has 1 rings (SSSR count). The van der Waals surface area contributed by atoms with E-state index in [9.17, 15) is 0 Å². The predicted molar refractivity (Wildman–Crippen MR) is 37.1 cm³/mol. The second-order valence-electron chi connectivity index (χ2n) is 1.96. The maximum absolute atomic E-state index is 3.22. The Kier molecular flexibility index (Phi) is 6.85. The average Bonchev–Trinajstić information content (AvgIpc) is 2.17. The van der Waals surface area contributed by atoms with Crippen LogP contribution >= 0.6 is 0 Å². The molecule has 0 saturated carbocycles. The Hall–Kier alpha value is -0.0800. The van der Waals surface area contributed by atoms with Crippen LogP contribution in [0.15, 0.2) is 0 Å². The molecule has 50 valence electrons. The summed E-state index contributed by atoms with van der Waals surface area (Å²) in [6, 6.07) is 0. The monoisotopic (exact) mass is 116 g/mol. The van der Waals surface area contributed by atoms with Gasteiger partial charge in [-0.1, -0.05) is 0 Å². The van der Waals surface area contributed by atoms with Gasteiger partial charge in [-0.3, -0.25) is 0 Å². The van der Waals surface area contributed by atoms with Crippen molar-refractivity contribution in [2.45, 2.75) is 12.8 Å². The van der Waals surface area contributed by atoms with Crippen LogP contribution in [0.25, 0.3) is 0 Å². The Bertz CT molecular complexity index is 25.9. The summed E-state index contributed by atoms with van der Waals surface area (Å²) in [6.07, 6.45) is 2.78. The van der Waals surface area contributed by atoms with Crippen molar-refractivity contribution in [3.8, 4) is 0 Å². The Morgan fingerprint density at radius 3 is 1.62 bits per heavy atom. The molecule has 0 aliphatic carbocycles. The predicted octanol–water partition coefficient (Wildman–Crippen LogP) is 0.205. The van der Waals surface area contributed by atoms with E-state index in [1.807, 2.05) is 14.1 Å². The lowest BCUT2D eigenvalue weighted by Gasteiger charge is -1.76. The highest BCUT2D eigenvalue weighted by Crippen LogP contribution is 1.90. The van der Waals surface area contributed by atoms with Gasteiger partial charge in [0.25, 0.3) is 0 Å². The molecule has 0 spiro atoms. The van der Waals surface area contributed by atoms with Crippen molar-refractivity contribution in [2.24, 2.45) is 0 Å². The highest BCUT2D eigenvalue weighted by atomic mass is 14.9. The highest BCUT2D eigenvalue weighted by Gasteiger charge is 1.93. The summed E-state index contributed by atoms with van der Waals surface area (Å²) in [5.74, 6) is 0. The molecule has 1 saturated heterocycles. The molecule has 2 nitrogen and oxygen atoms in total. The minimum atomic E-state index is 1.25. The van der Waals surface area contributed by atoms with Gasteiger partial charge in [0.2, 0.25) is 0 Å². The van der Waals surface area contributed by atoms with Crippen LogP contribution in [0.2, 0.25) is 0 Å². The van der Waals surface area contributed by atoms with E-state index in [1.165, 1.54) is 25.9 Å². The summed E-state index contributed by atoms with van der Waals surface area (Å²) in [4.78, 5) is 0. The number of hydrogen-bond acceptors (Lipinski definition) is 2. The molecular formula is C6H16N2. The summed E-state index contributed by atoms with van der Waals surface area (Å²) in [5, 5.41) is 5.97. The van der Waals surface area contributed by atoms with Gasteiger partial charge in [-0.15, -0.1) is 0 Å². The lowest BCUT2D eigenvalue weighted by Crippen LogP contribution is -2.03. The Labute approximate surface area is 51.7 Å². The summed E-state index contributed by atoms with van der Waals surface area (Å²) >= 11 is 0. The van der Waals surface area contributed by atoms with Crippen molar-refractivity contribution >= 4 is 0 Å². The zero-order valence-electron chi connectivity index (χ0n) is 5.83. The molecule has 2 heteroatoms. The first-order valence-corrected chi connectivity index (χ1v) is 3.21. The van der Waals surface area contributed by atoms with Gasteiger partial charge in [-0.25, -0.2) is 0 Å². The molecule has 0 amide bonds. The lowest BCUT2D eigenvalue weighted by molar-refractivity contribution is 0.857. The molecular weight excluding hydrogens is 100 g/mol. The van der Waals surface area contributed by atoms with E-state index in [1.54, 1.807) is 0 Å². The average molecular weight is 116 g/mol. The van der Waals surface area contributed by atoms with Crippen molar-refractivity contribution in [1.29, 1.82) is 0 Å². The second kappa shape index (κ2) is 6.92. The third-order valence-corrected chi connectivity index (χ3v) is 0.957. The van der Waals surface area contributed by atoms with Crippen molar-refractivity contribution in [2.75, 3.05) is 27.2 Å². The van der Waals surface area contributed by atoms with Gasteiger partial charge < -0.3 is 10.6 Å². The molecule has 0 bridgehead atoms. The van der Waals surface area contributed by atoms with Gasteiger partial charge in [-0.2, -0.15) is 0 Å². The van der Waals surface area contributed by atoms with Crippen LogP contribution < -0.4 is 10.6 Å². The minimum absolute atomic E-state index is 1.25. The van der Waals surface area contributed by atoms with Crippen molar-refractivity contribution in [3.05, 3.63) is 0 Å². The van der Waals surface area contributed by atoms with Gasteiger partial charge in [0.05, 0.1) is 0 Å². The minimum Gasteiger partial charge on any atom is -0.323 e. The Morgan fingerprint density at radius 2 is 1.50 bits per heavy atom. The fourth-order valence-corrected chi connectivity index (χ4v) is 0.625. The SMILES string of the molecule is C1CCNC1.CNC. The summed E-state index contributed by atoms with van der Waals surface area (Å²) < 4.78 is 0. The van der Waals surface area contributed by atoms with Crippen LogP contribution in [-0.2, 0) is 0 Å². The maximum atomic E-state index is 3.22. The largest absolute Gasteiger partial charge is 0.323 e. The van der Waals surface area contributed by atoms with Crippen LogP contribution in [0.5, 0.6) is 0 Å². The van der Waals surface area contributed by atoms with Crippen LogP contribution in [0, 0.1) is 0 Å². The van der Waals surface area contributed by atoms with Crippen LogP contribution in [0.3, 0.4) is 0 Å². The summed E-state index contributed by atoms with van der Waals surface area (Å²) in [7, 11) is 3.75. The van der Waals surface area contributed by atoms with E-state index in [2.05, 4.69) is 10.6 Å². The molecule has 0 aromatic rings. The molecule has 1 aliphatic rings. The molecule has 0 radical (unpaired) electrons. The first-order chi connectivity index (χ1) is 3.91. The van der Waals surface area contributed by atoms with Crippen molar-refractivity contribution < 1.29 is 0 Å². The van der Waals surface area contributed by atoms with E-state index in [-0.39, 0.29) is 0 Å². The van der Waals surface area contributed by atoms with E-state index >= 15 is 0 Å². The van der Waals surface area contributed by atoms with E-state index < -0.39 is 0 Å². The lowest BCUT2D eigenvalue weighted by atomic mass is 10.4. The molecule has 1 heterocycles. The molecule has 0 atom stereocenters. The van der Waals surface area contributed by atoms with Gasteiger partial charge >= 0.3 is 0 Å². The van der Waals surface area contributed by atoms with Crippen LogP contribution in [-0.4, -0.2) is 27.2 Å². The smallest absolute Gasteiger partial charge is 0.00484 e. The molecule has 0 aromatic carbocycles. The standard InChI is InChI=1S/C4H9N.C2H7N/c1-2-4-5-3-1;1-3-2/h5H,1-4H2;3H,1-2H3. The van der Waals surface area contributed by atoms with Gasteiger partial charge in [0.1, 0.15) is 0 Å². The van der Waals surface area contributed by atoms with Crippen molar-refractivity contribution in [1.82, 2.24) is 10.6 Å². The Morgan fingerprint density at radius 1 is 1.12 bits per heavy atom. The molecule has 1 fully saturated rings. The van der Waals surface area contributed by atoms with E-state index in [0.717, 1.165) is 0 Å². The second-order valence-corrected chi connectivity index (χ2v) is 1.96. The fraction of sp³-hybridized carbons (Fsp3) is 1.00. The quantitative estimate of drug-likeness (QED) is 0.472. The summed E-state index contributed by atoms with van der Waals surface area (Å²) in [5.41, 5.74) is 0. The van der Waals surface area contributed by atoms with Gasteiger partial charge in [0.15, 0.2) is 0 Å². The topological polar surface area (TPSA) is 24.1 Å². The normalized spacial score (nSPS) is 17.2. The number of hydrogen-bond donors (Lipinski definition) is 2. The van der Waals surface area contributed by atoms with E-state index in [0.29, 0.717) is 0 Å². The van der Waals surface area contributed by atoms with Gasteiger partial charge in [0, 0.05) is 0 Å². The molecule has 0 unspecified atom stereocenters. The maximum Gasteiger partial charge on any atom is -0.00484 e. The fourth-order valence-electron chi connectivity index (χ4n) is 0.625. The molecule has 0 aromatic heterocycles. The number of nitrogens with one attached hydrogen (secondary N) is 2. The number of rotatable bonds is 0. The Balaban J connectivity index is 0.000000145. The van der Waals surface area contributed by atoms with Crippen LogP contribution in [0.4, 0.5) is 0 Å². The third kappa shape index (κ3) is 5.92. The molecule has 2 N–H and O–H groups in total. The van der Waals surface area contributed by atoms with E-state index in [4.69, 9.17) is 0 Å². The first-order valence-electron chi connectivity index (χ1n) is 3.21. The molecule has 1 aliphatic heterocycles. The van der Waals surface area contributed by atoms with Gasteiger partial charge in [-0.05, 0) is 40.0 Å². The summed E-state index contributed by atoms with van der Waals surface area (Å²) in [6.45, 7) is 2.50. The van der Waals surface area contributed by atoms with Crippen molar-refractivity contribution in [3.63, 3.8) is 0 Å². The third-order valence-electron chi connectivity index (χ3n) is 0.957.